The number of hydrogen-bond acceptors (Lipinski definition) is 5. The zero-order valence-electron chi connectivity index (χ0n) is 20.8. The summed E-state index contributed by atoms with van der Waals surface area (Å²) in [5.41, 5.74) is 4.53. The molecule has 6 nitrogen and oxygen atoms in total. The lowest BCUT2D eigenvalue weighted by molar-refractivity contribution is -1.09. The van der Waals surface area contributed by atoms with Crippen molar-refractivity contribution in [2.75, 3.05) is 33.2 Å². The highest BCUT2D eigenvalue weighted by molar-refractivity contribution is 6.42. The van der Waals surface area contributed by atoms with E-state index in [4.69, 9.17) is 33.1 Å². The van der Waals surface area contributed by atoms with Crippen molar-refractivity contribution >= 4 is 41.0 Å². The summed E-state index contributed by atoms with van der Waals surface area (Å²) >= 11 is 12.7. The van der Waals surface area contributed by atoms with E-state index in [-0.39, 0.29) is 4.76 Å². The number of hydrogen-bond donors (Lipinski definition) is 0. The van der Waals surface area contributed by atoms with Crippen LogP contribution in [0.15, 0.2) is 89.8 Å². The minimum atomic E-state index is -0.408. The summed E-state index contributed by atoms with van der Waals surface area (Å²) < 4.78 is -0.361. The molecule has 2 aliphatic heterocycles. The van der Waals surface area contributed by atoms with Crippen LogP contribution in [0.4, 0.5) is 0 Å². The number of carbonyl (C=O) groups excluding carboxylic acids is 1. The van der Waals surface area contributed by atoms with E-state index in [0.29, 0.717) is 16.5 Å². The molecule has 1 saturated heterocycles. The molecule has 1 fully saturated rings. The monoisotopic (exact) mass is 535 g/mol. The maximum Gasteiger partial charge on any atom is 0.359 e. The van der Waals surface area contributed by atoms with Crippen molar-refractivity contribution in [1.29, 1.82) is 0 Å². The predicted octanol–water partition coefficient (Wildman–Crippen LogP) is 5.99. The number of likely N-dealkylation sites (N-methyl/N-ethyl adjacent to an activating group) is 1. The summed E-state index contributed by atoms with van der Waals surface area (Å²) in [6.45, 7) is 5.80. The van der Waals surface area contributed by atoms with Crippen molar-refractivity contribution in [3.8, 4) is 0 Å². The van der Waals surface area contributed by atoms with Gasteiger partial charge in [0.05, 0.1) is 15.6 Å². The largest absolute Gasteiger partial charge is 0.359 e. The standard InChI is InChI=1S/C29H29Cl2N4O2/c1-21(24-13-14-25(30)26(31)19-24)35(37-20-36)29(34-17-15-33(2)16-18-34)27(22-9-5-3-6-10-22)28(32-35)23-11-7-4-8-12-23/h3-14,19-21H,15-18H2,1-2H3/q+1. The summed E-state index contributed by atoms with van der Waals surface area (Å²) in [4.78, 5) is 22.8. The van der Waals surface area contributed by atoms with Crippen LogP contribution in [0, 0.1) is 0 Å². The van der Waals surface area contributed by atoms with Gasteiger partial charge in [0.1, 0.15) is 5.71 Å². The van der Waals surface area contributed by atoms with Gasteiger partial charge in [-0.15, -0.1) is 0 Å². The van der Waals surface area contributed by atoms with Crippen molar-refractivity contribution in [3.63, 3.8) is 0 Å². The van der Waals surface area contributed by atoms with E-state index < -0.39 is 6.04 Å². The molecule has 190 valence electrons. The maximum absolute atomic E-state index is 12.2. The highest BCUT2D eigenvalue weighted by Crippen LogP contribution is 2.47. The van der Waals surface area contributed by atoms with E-state index in [1.807, 2.05) is 67.6 Å². The molecule has 3 aromatic rings. The number of allylic oxidation sites excluding steroid dienone is 1. The van der Waals surface area contributed by atoms with Gasteiger partial charge in [0.15, 0.2) is 6.04 Å². The third-order valence-corrected chi connectivity index (χ3v) is 7.82. The second-order valence-corrected chi connectivity index (χ2v) is 10.2. The maximum atomic E-state index is 12.2. The fourth-order valence-corrected chi connectivity index (χ4v) is 5.34. The van der Waals surface area contributed by atoms with Gasteiger partial charge < -0.3 is 9.80 Å². The molecule has 2 atom stereocenters. The molecular weight excluding hydrogens is 507 g/mol. The fraction of sp³-hybridized carbons (Fsp3) is 0.241. The van der Waals surface area contributed by atoms with Crippen molar-refractivity contribution in [1.82, 2.24) is 9.80 Å². The third-order valence-electron chi connectivity index (χ3n) is 7.08. The number of halogens is 2. The molecule has 0 spiro atoms. The number of rotatable bonds is 7. The first-order chi connectivity index (χ1) is 17.9. The van der Waals surface area contributed by atoms with Crippen LogP contribution in [-0.4, -0.2) is 60.0 Å². The minimum absolute atomic E-state index is 0.361. The number of benzene rings is 3. The second kappa shape index (κ2) is 10.7. The third kappa shape index (κ3) is 4.78. The number of piperazine rings is 1. The van der Waals surface area contributed by atoms with Crippen molar-refractivity contribution < 1.29 is 14.4 Å². The molecule has 0 amide bonds. The van der Waals surface area contributed by atoms with E-state index >= 15 is 0 Å². The lowest BCUT2D eigenvalue weighted by Gasteiger charge is -2.40. The van der Waals surface area contributed by atoms with Crippen molar-refractivity contribution in [2.24, 2.45) is 5.10 Å². The Labute approximate surface area is 227 Å². The van der Waals surface area contributed by atoms with Crippen LogP contribution >= 0.6 is 23.2 Å². The summed E-state index contributed by atoms with van der Waals surface area (Å²) in [6.07, 6.45) is 0. The average molecular weight is 536 g/mol. The van der Waals surface area contributed by atoms with Crippen LogP contribution in [0.3, 0.4) is 0 Å². The molecule has 37 heavy (non-hydrogen) atoms. The average Bonchev–Trinajstić information content (AvgIpc) is 3.27. The van der Waals surface area contributed by atoms with Crippen LogP contribution in [0.2, 0.25) is 10.0 Å². The van der Waals surface area contributed by atoms with E-state index in [1.54, 1.807) is 6.07 Å². The van der Waals surface area contributed by atoms with Gasteiger partial charge in [0.2, 0.25) is 0 Å². The Hall–Kier alpha value is -3.16. The predicted molar refractivity (Wildman–Crippen MR) is 148 cm³/mol. The van der Waals surface area contributed by atoms with Gasteiger partial charge in [0, 0.05) is 42.1 Å². The molecule has 0 saturated carbocycles. The number of hydroxylamine groups is 2. The smallest absolute Gasteiger partial charge is 0.319 e. The Balaban J connectivity index is 1.80. The molecule has 5 rings (SSSR count). The Morgan fingerprint density at radius 1 is 0.892 bits per heavy atom. The Morgan fingerprint density at radius 3 is 2.11 bits per heavy atom. The molecular formula is C29H29Cl2N4O2+. The summed E-state index contributed by atoms with van der Waals surface area (Å²) in [7, 11) is 2.12. The Morgan fingerprint density at radius 2 is 1.51 bits per heavy atom. The molecule has 2 heterocycles. The molecule has 0 bridgehead atoms. The van der Waals surface area contributed by atoms with E-state index in [0.717, 1.165) is 60.0 Å². The van der Waals surface area contributed by atoms with Gasteiger partial charge in [-0.1, -0.05) is 89.9 Å². The first-order valence-corrected chi connectivity index (χ1v) is 13.1. The van der Waals surface area contributed by atoms with Gasteiger partial charge in [-0.2, -0.15) is 0 Å². The van der Waals surface area contributed by atoms with Crippen LogP contribution in [0.25, 0.3) is 5.57 Å². The quantitative estimate of drug-likeness (QED) is 0.275. The van der Waals surface area contributed by atoms with Gasteiger partial charge >= 0.3 is 6.47 Å². The highest BCUT2D eigenvalue weighted by Gasteiger charge is 2.55. The van der Waals surface area contributed by atoms with Crippen LogP contribution in [-0.2, 0) is 9.63 Å². The zero-order valence-corrected chi connectivity index (χ0v) is 22.4. The molecule has 0 radical (unpaired) electrons. The highest BCUT2D eigenvalue weighted by atomic mass is 35.5. The van der Waals surface area contributed by atoms with Crippen LogP contribution < -0.4 is 0 Å². The van der Waals surface area contributed by atoms with Crippen LogP contribution in [0.5, 0.6) is 0 Å². The minimum Gasteiger partial charge on any atom is -0.319 e. The zero-order chi connectivity index (χ0) is 26.0. The molecule has 2 aliphatic rings. The van der Waals surface area contributed by atoms with Crippen molar-refractivity contribution in [2.45, 2.75) is 13.0 Å². The van der Waals surface area contributed by atoms with E-state index in [9.17, 15) is 4.79 Å². The first-order valence-electron chi connectivity index (χ1n) is 12.3. The SMILES string of the molecule is CC(c1ccc(Cl)c(Cl)c1)[N+]1(OC=O)N=C(c2ccccc2)C(c2ccccc2)=C1N1CCN(C)CC1. The van der Waals surface area contributed by atoms with Gasteiger partial charge in [-0.3, -0.25) is 0 Å². The summed E-state index contributed by atoms with van der Waals surface area (Å²) in [5.74, 6) is 0.837. The number of nitrogens with zero attached hydrogens (tertiary/aromatic N) is 4. The number of quaternary nitrogens is 1. The molecule has 0 N–H and O–H groups in total. The Bertz CT molecular complexity index is 1340. The first kappa shape index (κ1) is 25.5. The van der Waals surface area contributed by atoms with Gasteiger partial charge in [-0.05, 0) is 36.8 Å². The Kier molecular flexibility index (Phi) is 7.36. The normalized spacial score (nSPS) is 21.1. The fourth-order valence-electron chi connectivity index (χ4n) is 5.03. The summed E-state index contributed by atoms with van der Waals surface area (Å²) in [5, 5.41) is 6.14. The molecule has 2 unspecified atom stereocenters. The summed E-state index contributed by atoms with van der Waals surface area (Å²) in [6, 6.07) is 25.3. The molecule has 3 aromatic carbocycles. The lowest BCUT2D eigenvalue weighted by atomic mass is 9.95. The lowest BCUT2D eigenvalue weighted by Crippen LogP contribution is -2.53. The van der Waals surface area contributed by atoms with Gasteiger partial charge in [-0.25, -0.2) is 9.63 Å². The number of carbonyl (C=O) groups is 1. The molecule has 0 aliphatic carbocycles. The molecule has 8 heteroatoms. The molecule has 0 aromatic heterocycles. The van der Waals surface area contributed by atoms with Crippen LogP contribution in [0.1, 0.15) is 29.7 Å². The van der Waals surface area contributed by atoms with E-state index in [1.165, 1.54) is 0 Å². The van der Waals surface area contributed by atoms with Crippen molar-refractivity contribution in [3.05, 3.63) is 111 Å². The second-order valence-electron chi connectivity index (χ2n) is 9.34. The van der Waals surface area contributed by atoms with Gasteiger partial charge in [0.25, 0.3) is 5.82 Å². The van der Waals surface area contributed by atoms with E-state index in [2.05, 4.69) is 29.0 Å². The topological polar surface area (TPSA) is 45.1 Å².